The highest BCUT2D eigenvalue weighted by Crippen LogP contribution is 2.34. The zero-order valence-electron chi connectivity index (χ0n) is 23.3. The van der Waals surface area contributed by atoms with Crippen molar-refractivity contribution in [2.75, 3.05) is 44.6 Å². The third-order valence-corrected chi connectivity index (χ3v) is 6.81. The molecule has 7 nitrogen and oxygen atoms in total. The molecule has 2 aromatic carbocycles. The second-order valence-electron chi connectivity index (χ2n) is 11.6. The fourth-order valence-corrected chi connectivity index (χ4v) is 4.86. The molecule has 0 aliphatic carbocycles. The van der Waals surface area contributed by atoms with Crippen LogP contribution in [-0.4, -0.2) is 62.0 Å². The van der Waals surface area contributed by atoms with Crippen molar-refractivity contribution in [2.24, 2.45) is 5.41 Å². The van der Waals surface area contributed by atoms with Gasteiger partial charge in [-0.15, -0.1) is 0 Å². The summed E-state index contributed by atoms with van der Waals surface area (Å²) >= 11 is 12.2. The van der Waals surface area contributed by atoms with Crippen LogP contribution in [0.25, 0.3) is 0 Å². The van der Waals surface area contributed by atoms with Gasteiger partial charge in [0, 0.05) is 56.0 Å². The van der Waals surface area contributed by atoms with Gasteiger partial charge in [0.05, 0.1) is 10.9 Å². The van der Waals surface area contributed by atoms with Crippen LogP contribution in [0.1, 0.15) is 57.7 Å². The van der Waals surface area contributed by atoms with Gasteiger partial charge in [0.2, 0.25) is 11.8 Å². The van der Waals surface area contributed by atoms with Gasteiger partial charge in [0.15, 0.2) is 0 Å². The van der Waals surface area contributed by atoms with Crippen LogP contribution in [0, 0.1) is 11.2 Å². The molecule has 3 atom stereocenters. The first-order valence-electron chi connectivity index (χ1n) is 13.4. The zero-order chi connectivity index (χ0) is 28.7. The molecular formula is C29H40Cl2FN5O2. The Bertz CT molecular complexity index is 1140. The highest BCUT2D eigenvalue weighted by molar-refractivity contribution is 6.31. The molecule has 39 heavy (non-hydrogen) atoms. The number of anilines is 1. The van der Waals surface area contributed by atoms with Crippen molar-refractivity contribution in [3.8, 4) is 0 Å². The lowest BCUT2D eigenvalue weighted by Gasteiger charge is -2.34. The van der Waals surface area contributed by atoms with E-state index in [1.807, 2.05) is 6.92 Å². The predicted octanol–water partition coefficient (Wildman–Crippen LogP) is 4.96. The van der Waals surface area contributed by atoms with Gasteiger partial charge < -0.3 is 16.0 Å². The van der Waals surface area contributed by atoms with Crippen molar-refractivity contribution in [2.45, 2.75) is 52.6 Å². The van der Waals surface area contributed by atoms with E-state index in [1.165, 1.54) is 12.1 Å². The summed E-state index contributed by atoms with van der Waals surface area (Å²) in [5.41, 5.74) is 2.02. The maximum absolute atomic E-state index is 14.2. The Kier molecular flexibility index (Phi) is 11.2. The van der Waals surface area contributed by atoms with E-state index in [0.29, 0.717) is 33.8 Å². The van der Waals surface area contributed by atoms with Crippen LogP contribution < -0.4 is 21.3 Å². The van der Waals surface area contributed by atoms with E-state index in [9.17, 15) is 14.0 Å². The second-order valence-corrected chi connectivity index (χ2v) is 12.5. The number of carbonyl (C=O) groups is 2. The molecule has 4 rings (SSSR count). The van der Waals surface area contributed by atoms with Crippen molar-refractivity contribution < 1.29 is 14.0 Å². The molecule has 4 N–H and O–H groups in total. The quantitative estimate of drug-likeness (QED) is 0.402. The summed E-state index contributed by atoms with van der Waals surface area (Å²) < 4.78 is 14.2. The average Bonchev–Trinajstić information content (AvgIpc) is 2.84. The number of carbonyl (C=O) groups excluding carboxylic acids is 2. The summed E-state index contributed by atoms with van der Waals surface area (Å²) in [6, 6.07) is 8.24. The fraction of sp³-hybridized carbons (Fsp3) is 0.517. The molecule has 0 spiro atoms. The second kappa shape index (κ2) is 13.9. The van der Waals surface area contributed by atoms with Crippen molar-refractivity contribution in [1.82, 2.24) is 20.9 Å². The van der Waals surface area contributed by atoms with E-state index in [2.05, 4.69) is 53.9 Å². The number of amides is 2. The Morgan fingerprint density at radius 3 is 2.44 bits per heavy atom. The Hall–Kier alpha value is -2.23. The number of benzene rings is 2. The van der Waals surface area contributed by atoms with Gasteiger partial charge in [0.25, 0.3) is 0 Å². The monoisotopic (exact) mass is 579 g/mol. The van der Waals surface area contributed by atoms with Crippen LogP contribution in [0.4, 0.5) is 10.1 Å². The van der Waals surface area contributed by atoms with E-state index < -0.39 is 29.7 Å². The highest BCUT2D eigenvalue weighted by atomic mass is 35.5. The van der Waals surface area contributed by atoms with Crippen LogP contribution in [0.15, 0.2) is 36.4 Å². The van der Waals surface area contributed by atoms with Crippen molar-refractivity contribution in [1.29, 1.82) is 0 Å². The lowest BCUT2D eigenvalue weighted by molar-refractivity contribution is -0.128. The molecule has 2 unspecified atom stereocenters. The third-order valence-electron chi connectivity index (χ3n) is 6.29. The van der Waals surface area contributed by atoms with Crippen LogP contribution >= 0.6 is 23.2 Å². The normalized spacial score (nSPS) is 21.9. The molecule has 1 saturated heterocycles. The van der Waals surface area contributed by atoms with Crippen LogP contribution in [0.3, 0.4) is 0 Å². The molecular weight excluding hydrogens is 540 g/mol. The standard InChI is InChI=1S/C24H28Cl2FN5O2.C5H12/c1-14-17-12-19(27)18(26)13-20(17)31-23(33)21(15-3-2-4-16(25)11-15)22(30-14)24(34)29-7-10-32-8-5-28-6-9-32;1-5(2,3)4/h2-4,11-14,21-22,28,30H,5-10H2,1H3,(H,29,34)(H,31,33);1-4H3/t14?,21?,22-;/m1./s1. The van der Waals surface area contributed by atoms with Crippen LogP contribution in [-0.2, 0) is 9.59 Å². The molecule has 2 aromatic rings. The lowest BCUT2D eigenvalue weighted by atomic mass is 9.87. The number of fused-ring (bicyclic) bond motifs is 1. The highest BCUT2D eigenvalue weighted by Gasteiger charge is 2.38. The van der Waals surface area contributed by atoms with Gasteiger partial charge in [-0.3, -0.25) is 19.8 Å². The van der Waals surface area contributed by atoms with E-state index in [0.717, 1.165) is 32.7 Å². The minimum absolute atomic E-state index is 0.0895. The molecule has 2 amide bonds. The molecule has 0 aromatic heterocycles. The maximum atomic E-state index is 14.2. The van der Waals surface area contributed by atoms with Crippen molar-refractivity contribution in [3.63, 3.8) is 0 Å². The van der Waals surface area contributed by atoms with Gasteiger partial charge in [-0.2, -0.15) is 0 Å². The van der Waals surface area contributed by atoms with Gasteiger partial charge in [-0.25, -0.2) is 4.39 Å². The SMILES string of the molecule is CC(C)(C)C.CC1N[C@@H](C(=O)NCCN2CCNCC2)C(c2cccc(Cl)c2)C(=O)Nc2cc(Cl)c(F)cc21. The molecule has 2 heterocycles. The summed E-state index contributed by atoms with van der Waals surface area (Å²) in [5.74, 6) is -2.17. The van der Waals surface area contributed by atoms with Crippen LogP contribution in [0.2, 0.25) is 10.0 Å². The van der Waals surface area contributed by atoms with E-state index >= 15 is 0 Å². The van der Waals surface area contributed by atoms with Gasteiger partial charge in [-0.1, -0.05) is 63.0 Å². The number of nitrogens with zero attached hydrogens (tertiary/aromatic N) is 1. The number of halogens is 3. The van der Waals surface area contributed by atoms with Crippen molar-refractivity contribution in [3.05, 3.63) is 63.4 Å². The number of hydrogen-bond acceptors (Lipinski definition) is 5. The molecule has 2 aliphatic heterocycles. The largest absolute Gasteiger partial charge is 0.353 e. The summed E-state index contributed by atoms with van der Waals surface area (Å²) in [4.78, 5) is 29.1. The molecule has 0 bridgehead atoms. The van der Waals surface area contributed by atoms with Crippen LogP contribution in [0.5, 0.6) is 0 Å². The van der Waals surface area contributed by atoms with E-state index in [4.69, 9.17) is 23.2 Å². The van der Waals surface area contributed by atoms with Gasteiger partial charge >= 0.3 is 0 Å². The Labute approximate surface area is 241 Å². The number of hydrogen-bond donors (Lipinski definition) is 4. The molecule has 0 saturated carbocycles. The minimum Gasteiger partial charge on any atom is -0.353 e. The van der Waals surface area contributed by atoms with Gasteiger partial charge in [0.1, 0.15) is 11.9 Å². The summed E-state index contributed by atoms with van der Waals surface area (Å²) in [6.45, 7) is 15.4. The molecule has 10 heteroatoms. The first-order chi connectivity index (χ1) is 18.3. The van der Waals surface area contributed by atoms with Gasteiger partial charge in [-0.05, 0) is 47.7 Å². The molecule has 1 fully saturated rings. The Morgan fingerprint density at radius 1 is 1.13 bits per heavy atom. The third kappa shape index (κ3) is 9.43. The lowest BCUT2D eigenvalue weighted by Crippen LogP contribution is -2.54. The predicted molar refractivity (Wildman–Crippen MR) is 157 cm³/mol. The average molecular weight is 581 g/mol. The summed E-state index contributed by atoms with van der Waals surface area (Å²) in [7, 11) is 0. The Morgan fingerprint density at radius 2 is 1.79 bits per heavy atom. The van der Waals surface area contributed by atoms with E-state index in [-0.39, 0.29) is 10.9 Å². The number of nitrogens with one attached hydrogen (secondary N) is 4. The minimum atomic E-state index is -0.900. The molecule has 2 aliphatic rings. The zero-order valence-corrected chi connectivity index (χ0v) is 24.8. The van der Waals surface area contributed by atoms with E-state index in [1.54, 1.807) is 24.3 Å². The summed E-state index contributed by atoms with van der Waals surface area (Å²) in [5, 5.41) is 12.8. The smallest absolute Gasteiger partial charge is 0.238 e. The molecule has 214 valence electrons. The Balaban J connectivity index is 0.000000771. The number of piperazine rings is 1. The molecule has 0 radical (unpaired) electrons. The first kappa shape index (κ1) is 31.3. The number of rotatable bonds is 5. The first-order valence-corrected chi connectivity index (χ1v) is 14.1. The maximum Gasteiger partial charge on any atom is 0.238 e. The fourth-order valence-electron chi connectivity index (χ4n) is 4.50. The van der Waals surface area contributed by atoms with Crippen molar-refractivity contribution >= 4 is 40.7 Å². The summed E-state index contributed by atoms with van der Waals surface area (Å²) in [6.07, 6.45) is 0. The topological polar surface area (TPSA) is 85.5 Å².